The number of carbonyl (C=O) groups excluding carboxylic acids is 1. The summed E-state index contributed by atoms with van der Waals surface area (Å²) in [5.74, 6) is -0.171. The number of hydrogen-bond donors (Lipinski definition) is 5. The molecule has 27 heavy (non-hydrogen) atoms. The molecule has 142 valence electrons. The predicted octanol–water partition coefficient (Wildman–Crippen LogP) is 1.48. The first-order valence-electron chi connectivity index (χ1n) is 9.13. The number of β-amino-alcohol motifs (C(OH)–C–C–N with tert-alkyl or cyclic N) is 1. The first kappa shape index (κ1) is 17.8. The molecule has 2 atom stereocenters. The molecule has 7 nitrogen and oxygen atoms in total. The predicted molar refractivity (Wildman–Crippen MR) is 101 cm³/mol. The Labute approximate surface area is 156 Å². The fourth-order valence-corrected chi connectivity index (χ4v) is 3.85. The van der Waals surface area contributed by atoms with Crippen LogP contribution in [0, 0.1) is 0 Å². The Bertz CT molecular complexity index is 988. The molecule has 1 aromatic carbocycles. The number of fused-ring (bicyclic) bond motifs is 4. The van der Waals surface area contributed by atoms with Crippen LogP contribution in [0.5, 0.6) is 0 Å². The fraction of sp³-hybridized carbons (Fsp3) is 0.400. The quantitative estimate of drug-likeness (QED) is 0.413. The second-order valence-corrected chi connectivity index (χ2v) is 7.73. The fourth-order valence-electron chi connectivity index (χ4n) is 3.85. The minimum absolute atomic E-state index is 0.0812. The van der Waals surface area contributed by atoms with Crippen LogP contribution in [0.4, 0.5) is 0 Å². The van der Waals surface area contributed by atoms with E-state index in [1.807, 2.05) is 38.1 Å². The van der Waals surface area contributed by atoms with Crippen molar-refractivity contribution in [1.82, 2.24) is 20.3 Å². The topological polar surface area (TPSA) is 114 Å². The summed E-state index contributed by atoms with van der Waals surface area (Å²) in [6, 6.07) is 7.81. The third-order valence-electron chi connectivity index (χ3n) is 5.57. The number of benzene rings is 1. The van der Waals surface area contributed by atoms with E-state index in [1.165, 1.54) is 6.33 Å². The van der Waals surface area contributed by atoms with Crippen LogP contribution >= 0.6 is 0 Å². The summed E-state index contributed by atoms with van der Waals surface area (Å²) in [6.45, 7) is 3.91. The second kappa shape index (κ2) is 6.51. The summed E-state index contributed by atoms with van der Waals surface area (Å²) in [5, 5.41) is 25.4. The number of aliphatic hydroxyl groups is 2. The largest absolute Gasteiger partial charge is 0.392 e. The Kier molecular flexibility index (Phi) is 4.28. The molecule has 3 aromatic rings. The molecule has 1 aliphatic heterocycles. The van der Waals surface area contributed by atoms with Crippen molar-refractivity contribution in [3.63, 3.8) is 0 Å². The number of para-hydroxylation sites is 1. The molecule has 5 N–H and O–H groups in total. The maximum atomic E-state index is 12.5. The molecule has 0 aliphatic carbocycles. The summed E-state index contributed by atoms with van der Waals surface area (Å²) in [6.07, 6.45) is 0.390. The second-order valence-electron chi connectivity index (χ2n) is 7.73. The summed E-state index contributed by atoms with van der Waals surface area (Å²) >= 11 is 0. The van der Waals surface area contributed by atoms with Gasteiger partial charge in [-0.25, -0.2) is 4.98 Å². The minimum atomic E-state index is -0.917. The van der Waals surface area contributed by atoms with Gasteiger partial charge in [0.2, 0.25) is 5.91 Å². The van der Waals surface area contributed by atoms with E-state index in [-0.39, 0.29) is 18.9 Å². The SMILES string of the molecule is CC1(C)c2nc[nH]c2C(O)CNC(=O)Cc2c([nH]c3ccccc23)C[C@@H]1O. The zero-order valence-corrected chi connectivity index (χ0v) is 15.4. The number of aromatic amines is 2. The van der Waals surface area contributed by atoms with Gasteiger partial charge in [-0.2, -0.15) is 0 Å². The molecule has 0 bridgehead atoms. The van der Waals surface area contributed by atoms with E-state index in [9.17, 15) is 15.0 Å². The van der Waals surface area contributed by atoms with E-state index >= 15 is 0 Å². The molecular weight excluding hydrogens is 344 g/mol. The summed E-state index contributed by atoms with van der Waals surface area (Å²) in [7, 11) is 0. The molecule has 4 rings (SSSR count). The molecule has 0 radical (unpaired) electrons. The number of aliphatic hydroxyl groups excluding tert-OH is 2. The van der Waals surface area contributed by atoms with Gasteiger partial charge in [0, 0.05) is 35.0 Å². The van der Waals surface area contributed by atoms with Crippen molar-refractivity contribution in [2.75, 3.05) is 6.54 Å². The van der Waals surface area contributed by atoms with E-state index < -0.39 is 17.6 Å². The van der Waals surface area contributed by atoms with Gasteiger partial charge in [-0.05, 0) is 11.6 Å². The minimum Gasteiger partial charge on any atom is -0.392 e. The molecular formula is C20H24N4O3. The smallest absolute Gasteiger partial charge is 0.224 e. The molecule has 0 saturated heterocycles. The van der Waals surface area contributed by atoms with Crippen molar-refractivity contribution in [2.24, 2.45) is 0 Å². The number of amides is 1. The highest BCUT2D eigenvalue weighted by Gasteiger charge is 2.37. The summed E-state index contributed by atoms with van der Waals surface area (Å²) < 4.78 is 0. The third kappa shape index (κ3) is 3.02. The normalized spacial score (nSPS) is 23.0. The highest BCUT2D eigenvalue weighted by Crippen LogP contribution is 2.34. The zero-order valence-electron chi connectivity index (χ0n) is 15.4. The Balaban J connectivity index is 1.83. The Hall–Kier alpha value is -2.64. The van der Waals surface area contributed by atoms with Crippen LogP contribution < -0.4 is 5.32 Å². The first-order valence-corrected chi connectivity index (χ1v) is 9.13. The summed E-state index contributed by atoms with van der Waals surface area (Å²) in [5.41, 5.74) is 3.12. The van der Waals surface area contributed by atoms with Gasteiger partial charge in [0.15, 0.2) is 0 Å². The van der Waals surface area contributed by atoms with Gasteiger partial charge in [-0.3, -0.25) is 4.79 Å². The van der Waals surface area contributed by atoms with Crippen LogP contribution in [-0.4, -0.2) is 43.7 Å². The van der Waals surface area contributed by atoms with E-state index in [1.54, 1.807) is 0 Å². The molecule has 0 saturated carbocycles. The van der Waals surface area contributed by atoms with Crippen molar-refractivity contribution in [3.8, 4) is 0 Å². The monoisotopic (exact) mass is 368 g/mol. The number of aromatic nitrogens is 3. The number of H-pyrrole nitrogens is 2. The van der Waals surface area contributed by atoms with Gasteiger partial charge in [-0.15, -0.1) is 0 Å². The lowest BCUT2D eigenvalue weighted by atomic mass is 9.79. The molecule has 1 aliphatic rings. The van der Waals surface area contributed by atoms with E-state index in [2.05, 4.69) is 20.3 Å². The van der Waals surface area contributed by atoms with Gasteiger partial charge in [0.1, 0.15) is 6.10 Å². The standard InChI is InChI=1S/C20H24N4O3/c1-20(2)16(26)8-14-12(11-5-3-4-6-13(11)24-14)7-17(27)21-9-15(25)18-19(20)23-10-22-18/h3-6,10,15-16,24-26H,7-9H2,1-2H3,(H,21,27)(H,22,23)/t15?,16-/m0/s1. The summed E-state index contributed by atoms with van der Waals surface area (Å²) in [4.78, 5) is 23.2. The lowest BCUT2D eigenvalue weighted by molar-refractivity contribution is -0.120. The van der Waals surface area contributed by atoms with Gasteiger partial charge >= 0.3 is 0 Å². The molecule has 1 unspecified atom stereocenters. The van der Waals surface area contributed by atoms with Crippen LogP contribution in [0.15, 0.2) is 30.6 Å². The zero-order chi connectivity index (χ0) is 19.2. The van der Waals surface area contributed by atoms with Crippen LogP contribution in [0.2, 0.25) is 0 Å². The number of nitrogens with zero attached hydrogens (tertiary/aromatic N) is 1. The average Bonchev–Trinajstić information content (AvgIpc) is 3.25. The Morgan fingerprint density at radius 1 is 1.22 bits per heavy atom. The van der Waals surface area contributed by atoms with Gasteiger partial charge in [0.05, 0.1) is 30.2 Å². The third-order valence-corrected chi connectivity index (χ3v) is 5.57. The Morgan fingerprint density at radius 3 is 2.81 bits per heavy atom. The van der Waals surface area contributed by atoms with Crippen LogP contribution in [0.1, 0.15) is 42.6 Å². The van der Waals surface area contributed by atoms with Crippen molar-refractivity contribution in [1.29, 1.82) is 0 Å². The number of carbonyl (C=O) groups is 1. The molecule has 3 heterocycles. The van der Waals surface area contributed by atoms with Crippen molar-refractivity contribution < 1.29 is 15.0 Å². The molecule has 0 fully saturated rings. The van der Waals surface area contributed by atoms with Gasteiger partial charge in [-0.1, -0.05) is 32.0 Å². The highest BCUT2D eigenvalue weighted by molar-refractivity contribution is 5.90. The van der Waals surface area contributed by atoms with Crippen LogP contribution in [0.3, 0.4) is 0 Å². The lowest BCUT2D eigenvalue weighted by Gasteiger charge is -2.31. The average molecular weight is 368 g/mol. The number of hydrogen-bond acceptors (Lipinski definition) is 4. The van der Waals surface area contributed by atoms with Gasteiger partial charge < -0.3 is 25.5 Å². The molecule has 7 heteroatoms. The van der Waals surface area contributed by atoms with Crippen molar-refractivity contribution in [3.05, 3.63) is 53.2 Å². The lowest BCUT2D eigenvalue weighted by Crippen LogP contribution is -2.39. The molecule has 2 aromatic heterocycles. The highest BCUT2D eigenvalue weighted by atomic mass is 16.3. The van der Waals surface area contributed by atoms with E-state index in [4.69, 9.17) is 0 Å². The maximum Gasteiger partial charge on any atom is 0.224 e. The molecule has 1 amide bonds. The number of nitrogens with one attached hydrogen (secondary N) is 3. The van der Waals surface area contributed by atoms with Crippen molar-refractivity contribution >= 4 is 16.8 Å². The van der Waals surface area contributed by atoms with Crippen LogP contribution in [0.25, 0.3) is 10.9 Å². The van der Waals surface area contributed by atoms with Crippen LogP contribution in [-0.2, 0) is 23.1 Å². The Morgan fingerprint density at radius 2 is 2.00 bits per heavy atom. The van der Waals surface area contributed by atoms with E-state index in [0.29, 0.717) is 17.8 Å². The number of imidazole rings is 1. The number of rotatable bonds is 0. The molecule has 0 spiro atoms. The van der Waals surface area contributed by atoms with E-state index in [0.717, 1.165) is 22.2 Å². The maximum absolute atomic E-state index is 12.5. The van der Waals surface area contributed by atoms with Gasteiger partial charge in [0.25, 0.3) is 0 Å². The first-order chi connectivity index (χ1) is 12.9. The van der Waals surface area contributed by atoms with Crippen molar-refractivity contribution in [2.45, 2.75) is 44.3 Å².